The summed E-state index contributed by atoms with van der Waals surface area (Å²) < 4.78 is 1.50. The van der Waals surface area contributed by atoms with Crippen molar-refractivity contribution in [3.05, 3.63) is 20.8 Å². The number of fused-ring (bicyclic) bond motifs is 1. The smallest absolute Gasteiger partial charge is 0.329 e. The van der Waals surface area contributed by atoms with Crippen molar-refractivity contribution < 1.29 is 0 Å². The summed E-state index contributed by atoms with van der Waals surface area (Å²) in [6.45, 7) is 3.42. The summed E-state index contributed by atoms with van der Waals surface area (Å²) in [5.74, 6) is 0.696. The minimum atomic E-state index is -0.381. The van der Waals surface area contributed by atoms with Crippen LogP contribution in [0.2, 0.25) is 0 Å². The van der Waals surface area contributed by atoms with E-state index >= 15 is 0 Å². The second-order valence-electron chi connectivity index (χ2n) is 5.66. The van der Waals surface area contributed by atoms with Gasteiger partial charge in [-0.25, -0.2) is 9.79 Å². The number of hydrogen-bond donors (Lipinski definition) is 1. The maximum Gasteiger partial charge on any atom is 0.329 e. The van der Waals surface area contributed by atoms with E-state index in [1.54, 1.807) is 7.05 Å². The zero-order valence-electron chi connectivity index (χ0n) is 13.1. The summed E-state index contributed by atoms with van der Waals surface area (Å²) >= 11 is 4.59. The van der Waals surface area contributed by atoms with Gasteiger partial charge in [0, 0.05) is 20.6 Å². The van der Waals surface area contributed by atoms with Crippen LogP contribution in [-0.4, -0.2) is 41.0 Å². The maximum atomic E-state index is 12.0. The van der Waals surface area contributed by atoms with Gasteiger partial charge < -0.3 is 9.80 Å². The summed E-state index contributed by atoms with van der Waals surface area (Å²) in [6.07, 6.45) is 2.93. The van der Waals surface area contributed by atoms with E-state index in [1.165, 1.54) is 4.57 Å². The van der Waals surface area contributed by atoms with Gasteiger partial charge in [0.05, 0.1) is 17.9 Å². The first-order valence-electron chi connectivity index (χ1n) is 7.32. The molecule has 2 heterocycles. The van der Waals surface area contributed by atoms with Crippen molar-refractivity contribution in [1.82, 2.24) is 9.55 Å². The molecule has 1 aromatic heterocycles. The molecule has 0 aliphatic carbocycles. The zero-order chi connectivity index (χ0) is 16.3. The van der Waals surface area contributed by atoms with Crippen molar-refractivity contribution in [2.24, 2.45) is 12.0 Å². The molecule has 7 nitrogen and oxygen atoms in total. The Bertz CT molecular complexity index is 704. The van der Waals surface area contributed by atoms with Gasteiger partial charge in [-0.1, -0.05) is 0 Å². The van der Waals surface area contributed by atoms with Crippen LogP contribution in [0, 0.1) is 0 Å². The van der Waals surface area contributed by atoms with Crippen molar-refractivity contribution in [3.8, 4) is 0 Å². The molecule has 0 aromatic carbocycles. The van der Waals surface area contributed by atoms with E-state index in [2.05, 4.69) is 32.3 Å². The predicted octanol–water partition coefficient (Wildman–Crippen LogP) is 0.949. The van der Waals surface area contributed by atoms with Crippen LogP contribution in [0.15, 0.2) is 14.6 Å². The fourth-order valence-corrected chi connectivity index (χ4v) is 2.95. The van der Waals surface area contributed by atoms with Gasteiger partial charge in [0.2, 0.25) is 0 Å². The second-order valence-corrected chi connectivity index (χ2v) is 5.84. The molecule has 0 bridgehead atoms. The number of aromatic amines is 1. The number of H-pyrrole nitrogens is 1. The fourth-order valence-electron chi connectivity index (χ4n) is 2.77. The third-order valence-electron chi connectivity index (χ3n) is 3.91. The monoisotopic (exact) mass is 323 g/mol. The Morgan fingerprint density at radius 3 is 2.77 bits per heavy atom. The Labute approximate surface area is 134 Å². The zero-order valence-corrected chi connectivity index (χ0v) is 13.9. The van der Waals surface area contributed by atoms with Crippen molar-refractivity contribution in [3.63, 3.8) is 0 Å². The molecule has 22 heavy (non-hydrogen) atoms. The van der Waals surface area contributed by atoms with Crippen LogP contribution >= 0.6 is 12.2 Å². The molecule has 1 aliphatic rings. The van der Waals surface area contributed by atoms with E-state index in [0.717, 1.165) is 25.8 Å². The summed E-state index contributed by atoms with van der Waals surface area (Å²) in [5, 5.41) is 2.40. The minimum Gasteiger partial charge on any atom is -0.349 e. The fraction of sp³-hybridized carbons (Fsp3) is 0.643. The number of nitrogens with zero attached hydrogens (tertiary/aromatic N) is 4. The van der Waals surface area contributed by atoms with Gasteiger partial charge in [-0.15, -0.1) is 0 Å². The molecule has 1 N–H and O–H groups in total. The molecule has 0 saturated carbocycles. The summed E-state index contributed by atoms with van der Waals surface area (Å²) in [5.41, 5.74) is -0.152. The van der Waals surface area contributed by atoms with Gasteiger partial charge in [-0.05, 0) is 38.4 Å². The highest BCUT2D eigenvalue weighted by Gasteiger charge is 2.28. The van der Waals surface area contributed by atoms with Crippen molar-refractivity contribution >= 4 is 28.9 Å². The highest BCUT2D eigenvalue weighted by atomic mass is 32.1. The summed E-state index contributed by atoms with van der Waals surface area (Å²) in [4.78, 5) is 34.0. The minimum absolute atomic E-state index is 0.193. The maximum absolute atomic E-state index is 12.0. The number of aromatic nitrogens is 2. The summed E-state index contributed by atoms with van der Waals surface area (Å²) in [7, 11) is 3.54. The van der Waals surface area contributed by atoms with E-state index in [-0.39, 0.29) is 17.3 Å². The highest BCUT2D eigenvalue weighted by Crippen LogP contribution is 2.29. The first-order chi connectivity index (χ1) is 10.5. The molecule has 8 heteroatoms. The van der Waals surface area contributed by atoms with Gasteiger partial charge in [0.25, 0.3) is 5.56 Å². The molecule has 1 aromatic rings. The van der Waals surface area contributed by atoms with Crippen LogP contribution in [0.1, 0.15) is 26.2 Å². The number of rotatable bonds is 6. The first-order valence-corrected chi connectivity index (χ1v) is 7.73. The molecule has 1 atom stereocenters. The van der Waals surface area contributed by atoms with Gasteiger partial charge >= 0.3 is 5.69 Å². The van der Waals surface area contributed by atoms with E-state index in [1.807, 2.05) is 18.9 Å². The number of aliphatic imine (C=N–C) groups is 1. The quantitative estimate of drug-likeness (QED) is 0.479. The highest BCUT2D eigenvalue weighted by molar-refractivity contribution is 7.78. The lowest BCUT2D eigenvalue weighted by atomic mass is 10.1. The predicted molar refractivity (Wildman–Crippen MR) is 91.3 cm³/mol. The van der Waals surface area contributed by atoms with E-state index in [4.69, 9.17) is 0 Å². The lowest BCUT2D eigenvalue weighted by Crippen LogP contribution is -2.32. The van der Waals surface area contributed by atoms with Crippen molar-refractivity contribution in [2.45, 2.75) is 32.2 Å². The number of isothiocyanates is 1. The van der Waals surface area contributed by atoms with Crippen LogP contribution < -0.4 is 21.0 Å². The Kier molecular flexibility index (Phi) is 5.15. The van der Waals surface area contributed by atoms with E-state index < -0.39 is 0 Å². The van der Waals surface area contributed by atoms with Gasteiger partial charge in [0.1, 0.15) is 11.5 Å². The number of nitrogens with one attached hydrogen (secondary N) is 1. The molecule has 2 rings (SSSR count). The topological polar surface area (TPSA) is 73.7 Å². The number of hydrogen-bond acceptors (Lipinski definition) is 6. The molecule has 1 unspecified atom stereocenters. The van der Waals surface area contributed by atoms with Crippen LogP contribution in [0.25, 0.3) is 0 Å². The average molecular weight is 323 g/mol. The summed E-state index contributed by atoms with van der Waals surface area (Å²) in [6, 6.07) is 0.193. The number of thiocarbonyl (C=S) groups is 1. The van der Waals surface area contributed by atoms with Crippen LogP contribution in [0.5, 0.6) is 0 Å². The second kappa shape index (κ2) is 6.89. The largest absolute Gasteiger partial charge is 0.349 e. The van der Waals surface area contributed by atoms with Crippen molar-refractivity contribution in [2.75, 3.05) is 30.1 Å². The molecule has 1 aliphatic heterocycles. The van der Waals surface area contributed by atoms with Gasteiger partial charge in [0.15, 0.2) is 0 Å². The van der Waals surface area contributed by atoms with E-state index in [0.29, 0.717) is 18.2 Å². The SMILES string of the molecule is CC(CCCCN1CN(C)c2c1n(C)c(=O)[nH]c2=O)N=C=S. The van der Waals surface area contributed by atoms with Crippen LogP contribution in [0.3, 0.4) is 0 Å². The molecule has 0 saturated heterocycles. The average Bonchev–Trinajstić information content (AvgIpc) is 2.79. The van der Waals surface area contributed by atoms with Gasteiger partial charge in [-0.3, -0.25) is 14.3 Å². The molecule has 120 valence electrons. The standard InChI is InChI=1S/C14H21N5O2S/c1-10(15-8-22)6-4-5-7-19-9-17(2)11-12(20)16-14(21)18(3)13(11)19/h10H,4-7,9H2,1-3H3,(H,16,20,21). The van der Waals surface area contributed by atoms with Crippen LogP contribution in [-0.2, 0) is 7.05 Å². The molecular formula is C14H21N5O2S. The molecule has 0 amide bonds. The molecule has 0 spiro atoms. The third-order valence-corrected chi connectivity index (χ3v) is 4.01. The Morgan fingerprint density at radius 2 is 2.09 bits per heavy atom. The number of anilines is 2. The Morgan fingerprint density at radius 1 is 1.36 bits per heavy atom. The van der Waals surface area contributed by atoms with Gasteiger partial charge in [-0.2, -0.15) is 0 Å². The first kappa shape index (κ1) is 16.5. The van der Waals surface area contributed by atoms with Crippen molar-refractivity contribution in [1.29, 1.82) is 0 Å². The normalized spacial score (nSPS) is 14.7. The molecule has 0 radical (unpaired) electrons. The lowest BCUT2D eigenvalue weighted by molar-refractivity contribution is 0.591. The Balaban J connectivity index is 2.06. The van der Waals surface area contributed by atoms with E-state index in [9.17, 15) is 9.59 Å². The number of unbranched alkanes of at least 4 members (excludes halogenated alkanes) is 1. The lowest BCUT2D eigenvalue weighted by Gasteiger charge is -2.20. The Hall–Kier alpha value is -1.92. The molecular weight excluding hydrogens is 302 g/mol. The molecule has 0 fully saturated rings. The van der Waals surface area contributed by atoms with Crippen LogP contribution in [0.4, 0.5) is 11.5 Å². The third kappa shape index (κ3) is 3.28.